The van der Waals surface area contributed by atoms with Gasteiger partial charge in [0.1, 0.15) is 17.3 Å². The zero-order chi connectivity index (χ0) is 23.5. The Morgan fingerprint density at radius 1 is 1.00 bits per heavy atom. The van der Waals surface area contributed by atoms with Crippen molar-refractivity contribution in [3.05, 3.63) is 81.9 Å². The molecule has 9 heteroatoms. The zero-order valence-electron chi connectivity index (χ0n) is 18.7. The summed E-state index contributed by atoms with van der Waals surface area (Å²) in [6.45, 7) is 3.99. The van der Waals surface area contributed by atoms with Gasteiger partial charge in [-0.2, -0.15) is 10.2 Å². The lowest BCUT2D eigenvalue weighted by molar-refractivity contribution is 0.126. The molecule has 33 heavy (non-hydrogen) atoms. The minimum atomic E-state index is -0.319. The zero-order valence-corrected chi connectivity index (χ0v) is 19.5. The first-order chi connectivity index (χ1) is 15.8. The normalized spacial score (nSPS) is 11.3. The van der Waals surface area contributed by atoms with E-state index in [2.05, 4.69) is 15.4 Å². The number of hydrogen-bond donors (Lipinski definition) is 0. The SMILES string of the molecule is Cc1ccc(Oc2c(/C=N\OCc3c(Cl)c(-c4ccc(F)cc4)nn3C)c(C)nn2C)cc1. The van der Waals surface area contributed by atoms with Crippen LogP contribution in [0, 0.1) is 19.7 Å². The van der Waals surface area contributed by atoms with E-state index in [9.17, 15) is 4.39 Å². The predicted molar refractivity (Wildman–Crippen MR) is 125 cm³/mol. The first-order valence-electron chi connectivity index (χ1n) is 10.2. The molecule has 170 valence electrons. The van der Waals surface area contributed by atoms with Gasteiger partial charge >= 0.3 is 0 Å². The van der Waals surface area contributed by atoms with Gasteiger partial charge in [-0.05, 0) is 50.2 Å². The molecule has 2 heterocycles. The Labute approximate surface area is 196 Å². The molecular weight excluding hydrogens is 445 g/mol. The molecule has 4 rings (SSSR count). The van der Waals surface area contributed by atoms with Gasteiger partial charge in [0.15, 0.2) is 6.61 Å². The minimum absolute atomic E-state index is 0.105. The molecule has 0 radical (unpaired) electrons. The Morgan fingerprint density at radius 3 is 2.39 bits per heavy atom. The van der Waals surface area contributed by atoms with Crippen LogP contribution in [0.4, 0.5) is 4.39 Å². The maximum Gasteiger partial charge on any atom is 0.226 e. The maximum atomic E-state index is 13.2. The fourth-order valence-corrected chi connectivity index (χ4v) is 3.64. The molecule has 7 nitrogen and oxygen atoms in total. The molecule has 0 saturated heterocycles. The van der Waals surface area contributed by atoms with Gasteiger partial charge in [-0.3, -0.25) is 4.68 Å². The summed E-state index contributed by atoms with van der Waals surface area (Å²) in [4.78, 5) is 5.51. The van der Waals surface area contributed by atoms with Crippen molar-refractivity contribution in [3.63, 3.8) is 0 Å². The number of halogens is 2. The topological polar surface area (TPSA) is 66.5 Å². The molecule has 0 atom stereocenters. The first-order valence-corrected chi connectivity index (χ1v) is 10.6. The number of ether oxygens (including phenoxy) is 1. The molecule has 2 aromatic heterocycles. The second kappa shape index (κ2) is 9.46. The van der Waals surface area contributed by atoms with Gasteiger partial charge in [0.05, 0.1) is 28.2 Å². The number of nitrogens with zero attached hydrogens (tertiary/aromatic N) is 5. The number of rotatable bonds is 7. The van der Waals surface area contributed by atoms with Crippen LogP contribution in [0.3, 0.4) is 0 Å². The monoisotopic (exact) mass is 467 g/mol. The predicted octanol–water partition coefficient (Wildman–Crippen LogP) is 5.57. The van der Waals surface area contributed by atoms with Crippen LogP contribution in [0.1, 0.15) is 22.5 Å². The standard InChI is InChI=1S/C24H23ClFN5O2/c1-15-5-11-19(12-6-15)33-24-20(16(2)28-31(24)4)13-27-32-14-21-22(25)23(29-30(21)3)17-7-9-18(26)10-8-17/h5-13H,14H2,1-4H3/b27-13-. The molecule has 2 aromatic carbocycles. The number of aromatic nitrogens is 4. The second-order valence-electron chi connectivity index (χ2n) is 7.59. The summed E-state index contributed by atoms with van der Waals surface area (Å²) in [6, 6.07) is 13.8. The van der Waals surface area contributed by atoms with Crippen LogP contribution >= 0.6 is 11.6 Å². The van der Waals surface area contributed by atoms with E-state index in [1.54, 1.807) is 41.8 Å². The van der Waals surface area contributed by atoms with Gasteiger partial charge in [-0.15, -0.1) is 0 Å². The van der Waals surface area contributed by atoms with Gasteiger partial charge in [0.25, 0.3) is 0 Å². The highest BCUT2D eigenvalue weighted by Crippen LogP contribution is 2.30. The summed E-state index contributed by atoms with van der Waals surface area (Å²) in [5, 5.41) is 13.4. The van der Waals surface area contributed by atoms with Crippen LogP contribution in [0.5, 0.6) is 11.6 Å². The maximum absolute atomic E-state index is 13.2. The summed E-state index contributed by atoms with van der Waals surface area (Å²) in [5.41, 5.74) is 4.53. The van der Waals surface area contributed by atoms with Crippen molar-refractivity contribution in [3.8, 4) is 22.9 Å². The van der Waals surface area contributed by atoms with E-state index in [4.69, 9.17) is 21.2 Å². The molecule has 0 amide bonds. The number of benzene rings is 2. The molecule has 0 unspecified atom stereocenters. The van der Waals surface area contributed by atoms with Crippen LogP contribution < -0.4 is 4.74 Å². The van der Waals surface area contributed by atoms with E-state index in [-0.39, 0.29) is 12.4 Å². The highest BCUT2D eigenvalue weighted by Gasteiger charge is 2.17. The average Bonchev–Trinajstić information content (AvgIpc) is 3.22. The van der Waals surface area contributed by atoms with Crippen molar-refractivity contribution in [2.24, 2.45) is 19.3 Å². The van der Waals surface area contributed by atoms with Crippen LogP contribution in [-0.4, -0.2) is 25.8 Å². The largest absolute Gasteiger partial charge is 0.439 e. The fraction of sp³-hybridized carbons (Fsp3) is 0.208. The van der Waals surface area contributed by atoms with Gasteiger partial charge in [0.2, 0.25) is 5.88 Å². The minimum Gasteiger partial charge on any atom is -0.439 e. The molecule has 0 saturated carbocycles. The molecule has 0 bridgehead atoms. The third-order valence-corrected chi connectivity index (χ3v) is 5.52. The van der Waals surface area contributed by atoms with Gasteiger partial charge in [-0.1, -0.05) is 34.5 Å². The third-order valence-electron chi connectivity index (χ3n) is 5.13. The van der Waals surface area contributed by atoms with Crippen molar-refractivity contribution in [1.82, 2.24) is 19.6 Å². The first kappa shape index (κ1) is 22.5. The smallest absolute Gasteiger partial charge is 0.226 e. The summed E-state index contributed by atoms with van der Waals surface area (Å²) in [7, 11) is 3.57. The van der Waals surface area contributed by atoms with Crippen molar-refractivity contribution in [1.29, 1.82) is 0 Å². The van der Waals surface area contributed by atoms with Gasteiger partial charge < -0.3 is 9.57 Å². The Hall–Kier alpha value is -3.65. The highest BCUT2D eigenvalue weighted by atomic mass is 35.5. The van der Waals surface area contributed by atoms with E-state index in [1.165, 1.54) is 12.1 Å². The Kier molecular flexibility index (Phi) is 6.46. The quantitative estimate of drug-likeness (QED) is 0.263. The molecule has 0 N–H and O–H groups in total. The molecule has 0 fully saturated rings. The van der Waals surface area contributed by atoms with E-state index in [0.717, 1.165) is 16.8 Å². The van der Waals surface area contributed by atoms with Crippen molar-refractivity contribution in [2.75, 3.05) is 0 Å². The Balaban J connectivity index is 1.48. The number of aryl methyl sites for hydroxylation is 4. The number of hydrogen-bond acceptors (Lipinski definition) is 5. The van der Waals surface area contributed by atoms with Crippen LogP contribution in [0.15, 0.2) is 53.7 Å². The fourth-order valence-electron chi connectivity index (χ4n) is 3.31. The molecular formula is C24H23ClFN5O2. The lowest BCUT2D eigenvalue weighted by Crippen LogP contribution is -2.00. The summed E-state index contributed by atoms with van der Waals surface area (Å²) < 4.78 is 22.5. The van der Waals surface area contributed by atoms with E-state index in [1.807, 2.05) is 38.1 Å². The van der Waals surface area contributed by atoms with Crippen LogP contribution in [0.2, 0.25) is 5.02 Å². The summed E-state index contributed by atoms with van der Waals surface area (Å²) in [6.07, 6.45) is 1.57. The van der Waals surface area contributed by atoms with Gasteiger partial charge in [-0.25, -0.2) is 9.07 Å². The molecule has 4 aromatic rings. The Morgan fingerprint density at radius 2 is 1.70 bits per heavy atom. The van der Waals surface area contributed by atoms with Crippen molar-refractivity contribution >= 4 is 17.8 Å². The Bertz CT molecular complexity index is 1290. The third kappa shape index (κ3) is 4.90. The highest BCUT2D eigenvalue weighted by molar-refractivity contribution is 6.33. The van der Waals surface area contributed by atoms with Crippen LogP contribution in [-0.2, 0) is 25.5 Å². The summed E-state index contributed by atoms with van der Waals surface area (Å²) >= 11 is 6.51. The molecule has 0 aliphatic carbocycles. The molecule has 0 aliphatic rings. The average molecular weight is 468 g/mol. The summed E-state index contributed by atoms with van der Waals surface area (Å²) in [5.74, 6) is 0.940. The molecule has 0 aliphatic heterocycles. The van der Waals surface area contributed by atoms with E-state index < -0.39 is 0 Å². The van der Waals surface area contributed by atoms with Crippen molar-refractivity contribution in [2.45, 2.75) is 20.5 Å². The lowest BCUT2D eigenvalue weighted by Gasteiger charge is -2.07. The number of oxime groups is 1. The molecule has 0 spiro atoms. The van der Waals surface area contributed by atoms with E-state index in [0.29, 0.717) is 33.6 Å². The lowest BCUT2D eigenvalue weighted by atomic mass is 10.1. The van der Waals surface area contributed by atoms with Crippen molar-refractivity contribution < 1.29 is 14.0 Å². The second-order valence-corrected chi connectivity index (χ2v) is 7.97. The van der Waals surface area contributed by atoms with Crippen LogP contribution in [0.25, 0.3) is 11.3 Å². The van der Waals surface area contributed by atoms with Gasteiger partial charge in [0, 0.05) is 19.7 Å². The van der Waals surface area contributed by atoms with E-state index >= 15 is 0 Å².